The molecular formula is C10H21N5. The van der Waals surface area contributed by atoms with E-state index in [2.05, 4.69) is 41.5 Å². The van der Waals surface area contributed by atoms with Crippen LogP contribution in [0, 0.1) is 5.92 Å². The lowest BCUT2D eigenvalue weighted by atomic mass is 10.0. The number of rotatable bonds is 6. The highest BCUT2D eigenvalue weighted by atomic mass is 15.6. The Morgan fingerprint density at radius 1 is 1.40 bits per heavy atom. The van der Waals surface area contributed by atoms with E-state index in [9.17, 15) is 0 Å². The van der Waals surface area contributed by atoms with Crippen LogP contribution in [0.5, 0.6) is 0 Å². The van der Waals surface area contributed by atoms with Gasteiger partial charge in [0.25, 0.3) is 0 Å². The second kappa shape index (κ2) is 5.80. The summed E-state index contributed by atoms with van der Waals surface area (Å²) < 4.78 is 0. The van der Waals surface area contributed by atoms with Gasteiger partial charge in [-0.1, -0.05) is 20.8 Å². The van der Waals surface area contributed by atoms with Gasteiger partial charge < -0.3 is 5.32 Å². The van der Waals surface area contributed by atoms with Gasteiger partial charge in [0.1, 0.15) is 0 Å². The second-order valence-corrected chi connectivity index (χ2v) is 4.20. The van der Waals surface area contributed by atoms with Gasteiger partial charge in [-0.15, -0.1) is 10.2 Å². The Bertz CT molecular complexity index is 281. The smallest absolute Gasteiger partial charge is 0.176 e. The van der Waals surface area contributed by atoms with Crippen LogP contribution >= 0.6 is 0 Å². The first-order valence-electron chi connectivity index (χ1n) is 5.59. The Morgan fingerprint density at radius 2 is 2.13 bits per heavy atom. The van der Waals surface area contributed by atoms with Crippen molar-refractivity contribution >= 4 is 0 Å². The van der Waals surface area contributed by atoms with Crippen molar-refractivity contribution < 1.29 is 0 Å². The van der Waals surface area contributed by atoms with Crippen LogP contribution in [-0.2, 0) is 13.5 Å². The molecule has 0 amide bonds. The zero-order chi connectivity index (χ0) is 11.3. The molecule has 1 heterocycles. The van der Waals surface area contributed by atoms with Gasteiger partial charge >= 0.3 is 0 Å². The number of hydrogen-bond acceptors (Lipinski definition) is 4. The van der Waals surface area contributed by atoms with Crippen LogP contribution in [0.3, 0.4) is 0 Å². The summed E-state index contributed by atoms with van der Waals surface area (Å²) >= 11 is 0. The van der Waals surface area contributed by atoms with Gasteiger partial charge in [-0.25, -0.2) is 0 Å². The first-order valence-corrected chi connectivity index (χ1v) is 5.59. The molecule has 0 bridgehead atoms. The Labute approximate surface area is 91.2 Å². The third-order valence-electron chi connectivity index (χ3n) is 2.41. The quantitative estimate of drug-likeness (QED) is 0.755. The molecule has 1 aromatic rings. The summed E-state index contributed by atoms with van der Waals surface area (Å²) in [7, 11) is 1.79. The predicted octanol–water partition coefficient (Wildman–Crippen LogP) is 0.777. The van der Waals surface area contributed by atoms with E-state index in [4.69, 9.17) is 0 Å². The average molecular weight is 211 g/mol. The van der Waals surface area contributed by atoms with Gasteiger partial charge in [-0.05, 0) is 24.1 Å². The molecule has 0 aliphatic heterocycles. The Hall–Kier alpha value is -0.970. The molecule has 0 aliphatic carbocycles. The molecule has 86 valence electrons. The minimum absolute atomic E-state index is 0.439. The zero-order valence-electron chi connectivity index (χ0n) is 10.1. The molecule has 1 N–H and O–H groups in total. The molecule has 1 rings (SSSR count). The van der Waals surface area contributed by atoms with E-state index in [0.29, 0.717) is 12.0 Å². The minimum Gasteiger partial charge on any atom is -0.313 e. The van der Waals surface area contributed by atoms with E-state index in [0.717, 1.165) is 25.2 Å². The van der Waals surface area contributed by atoms with Crippen molar-refractivity contribution in [2.75, 3.05) is 6.54 Å². The van der Waals surface area contributed by atoms with Crippen molar-refractivity contribution in [3.8, 4) is 0 Å². The molecule has 1 atom stereocenters. The lowest BCUT2D eigenvalue weighted by Crippen LogP contribution is -2.36. The molecule has 0 saturated heterocycles. The largest absolute Gasteiger partial charge is 0.313 e. The molecule has 5 heteroatoms. The molecule has 0 fully saturated rings. The molecule has 0 radical (unpaired) electrons. The summed E-state index contributed by atoms with van der Waals surface area (Å²) in [5.41, 5.74) is 0. The molecule has 0 saturated carbocycles. The number of aromatic nitrogens is 4. The van der Waals surface area contributed by atoms with Crippen molar-refractivity contribution in [2.45, 2.75) is 39.7 Å². The van der Waals surface area contributed by atoms with Crippen LogP contribution in [0.15, 0.2) is 0 Å². The number of hydrogen-bond donors (Lipinski definition) is 1. The van der Waals surface area contributed by atoms with E-state index in [1.807, 2.05) is 0 Å². The van der Waals surface area contributed by atoms with Crippen molar-refractivity contribution in [1.29, 1.82) is 0 Å². The summed E-state index contributed by atoms with van der Waals surface area (Å²) in [6, 6.07) is 0.439. The molecule has 0 aromatic carbocycles. The monoisotopic (exact) mass is 211 g/mol. The van der Waals surface area contributed by atoms with E-state index in [1.165, 1.54) is 4.80 Å². The van der Waals surface area contributed by atoms with E-state index >= 15 is 0 Å². The summed E-state index contributed by atoms with van der Waals surface area (Å²) in [6.07, 6.45) is 2.00. The normalized spacial score (nSPS) is 13.4. The van der Waals surface area contributed by atoms with E-state index < -0.39 is 0 Å². The first-order chi connectivity index (χ1) is 7.13. The predicted molar refractivity (Wildman–Crippen MR) is 59.4 cm³/mol. The summed E-state index contributed by atoms with van der Waals surface area (Å²) in [6.45, 7) is 7.64. The number of tetrazole rings is 1. The van der Waals surface area contributed by atoms with Crippen LogP contribution in [0.1, 0.15) is 33.0 Å². The average Bonchev–Trinajstić information content (AvgIpc) is 2.58. The highest BCUT2D eigenvalue weighted by Crippen LogP contribution is 2.06. The van der Waals surface area contributed by atoms with Gasteiger partial charge in [-0.3, -0.25) is 0 Å². The highest BCUT2D eigenvalue weighted by Gasteiger charge is 2.15. The third kappa shape index (κ3) is 3.95. The van der Waals surface area contributed by atoms with Gasteiger partial charge in [0.05, 0.1) is 7.05 Å². The highest BCUT2D eigenvalue weighted by molar-refractivity contribution is 4.85. The van der Waals surface area contributed by atoms with Gasteiger partial charge in [0.2, 0.25) is 0 Å². The number of aryl methyl sites for hydroxylation is 1. The second-order valence-electron chi connectivity index (χ2n) is 4.20. The molecular weight excluding hydrogens is 190 g/mol. The van der Waals surface area contributed by atoms with Gasteiger partial charge in [0.15, 0.2) is 5.82 Å². The first kappa shape index (κ1) is 12.1. The van der Waals surface area contributed by atoms with Crippen molar-refractivity contribution in [2.24, 2.45) is 13.0 Å². The summed E-state index contributed by atoms with van der Waals surface area (Å²) in [4.78, 5) is 1.51. The molecule has 15 heavy (non-hydrogen) atoms. The topological polar surface area (TPSA) is 55.6 Å². The SMILES string of the molecule is CCCNC(Cc1nnn(C)n1)C(C)C. The van der Waals surface area contributed by atoms with E-state index in [-0.39, 0.29) is 0 Å². The molecule has 1 aromatic heterocycles. The zero-order valence-corrected chi connectivity index (χ0v) is 10.1. The summed E-state index contributed by atoms with van der Waals surface area (Å²) in [5.74, 6) is 1.40. The molecule has 0 spiro atoms. The Balaban J connectivity index is 2.50. The standard InChI is InChI=1S/C10H21N5/c1-5-6-11-9(8(2)3)7-10-12-14-15(4)13-10/h8-9,11H,5-7H2,1-4H3. The van der Waals surface area contributed by atoms with Crippen molar-refractivity contribution in [3.63, 3.8) is 0 Å². The fourth-order valence-electron chi connectivity index (χ4n) is 1.48. The van der Waals surface area contributed by atoms with Crippen LogP contribution < -0.4 is 5.32 Å². The maximum absolute atomic E-state index is 4.20. The molecule has 0 aliphatic rings. The van der Waals surface area contributed by atoms with Crippen LogP contribution in [-0.4, -0.2) is 32.8 Å². The minimum atomic E-state index is 0.439. The van der Waals surface area contributed by atoms with Crippen LogP contribution in [0.25, 0.3) is 0 Å². The van der Waals surface area contributed by atoms with Gasteiger partial charge in [-0.2, -0.15) is 4.80 Å². The molecule has 5 nitrogen and oxygen atoms in total. The fourth-order valence-corrected chi connectivity index (χ4v) is 1.48. The fraction of sp³-hybridized carbons (Fsp3) is 0.900. The maximum Gasteiger partial charge on any atom is 0.176 e. The van der Waals surface area contributed by atoms with Crippen LogP contribution in [0.4, 0.5) is 0 Å². The Kier molecular flexibility index (Phi) is 4.68. The van der Waals surface area contributed by atoms with Crippen molar-refractivity contribution in [1.82, 2.24) is 25.5 Å². The lowest BCUT2D eigenvalue weighted by Gasteiger charge is -2.20. The lowest BCUT2D eigenvalue weighted by molar-refractivity contribution is 0.391. The number of nitrogens with zero attached hydrogens (tertiary/aromatic N) is 4. The Morgan fingerprint density at radius 3 is 2.60 bits per heavy atom. The summed E-state index contributed by atoms with van der Waals surface area (Å²) in [5, 5.41) is 15.5. The molecule has 1 unspecified atom stereocenters. The maximum atomic E-state index is 4.20. The van der Waals surface area contributed by atoms with Gasteiger partial charge in [0, 0.05) is 12.5 Å². The van der Waals surface area contributed by atoms with Crippen LogP contribution in [0.2, 0.25) is 0 Å². The third-order valence-corrected chi connectivity index (χ3v) is 2.41. The van der Waals surface area contributed by atoms with Crippen molar-refractivity contribution in [3.05, 3.63) is 5.82 Å². The number of nitrogens with one attached hydrogen (secondary N) is 1. The van der Waals surface area contributed by atoms with E-state index in [1.54, 1.807) is 7.05 Å².